The van der Waals surface area contributed by atoms with Gasteiger partial charge in [-0.15, -0.1) is 0 Å². The molecule has 0 aliphatic rings. The molecular weight excluding hydrogens is 388 g/mol. The summed E-state index contributed by atoms with van der Waals surface area (Å²) < 4.78 is 11.3. The zero-order valence-electron chi connectivity index (χ0n) is 16.9. The Balaban J connectivity index is 1.31. The monoisotopic (exact) mass is 410 g/mol. The van der Waals surface area contributed by atoms with Crippen molar-refractivity contribution in [1.82, 2.24) is 4.98 Å². The van der Waals surface area contributed by atoms with Crippen LogP contribution in [0.15, 0.2) is 103 Å². The van der Waals surface area contributed by atoms with Crippen molar-refractivity contribution in [2.75, 3.05) is 11.9 Å². The van der Waals surface area contributed by atoms with Crippen molar-refractivity contribution in [3.05, 3.63) is 114 Å². The van der Waals surface area contributed by atoms with E-state index in [1.165, 1.54) is 5.56 Å². The lowest BCUT2D eigenvalue weighted by atomic mass is 10.0. The minimum atomic E-state index is -0.214. The van der Waals surface area contributed by atoms with E-state index >= 15 is 0 Å². The van der Waals surface area contributed by atoms with Crippen LogP contribution in [0.3, 0.4) is 0 Å². The molecule has 0 saturated heterocycles. The van der Waals surface area contributed by atoms with Crippen molar-refractivity contribution < 1.29 is 14.3 Å². The van der Waals surface area contributed by atoms with E-state index < -0.39 is 0 Å². The number of hydrogen-bond acceptors (Lipinski definition) is 4. The van der Waals surface area contributed by atoms with Gasteiger partial charge in [0, 0.05) is 18.0 Å². The first-order valence-electron chi connectivity index (χ1n) is 10.00. The molecule has 5 heteroatoms. The number of carbonyl (C=O) groups is 1. The summed E-state index contributed by atoms with van der Waals surface area (Å²) >= 11 is 0. The molecule has 0 atom stereocenters. The number of para-hydroxylation sites is 1. The number of aromatic nitrogens is 1. The van der Waals surface area contributed by atoms with Gasteiger partial charge in [-0.2, -0.15) is 0 Å². The Morgan fingerprint density at radius 1 is 0.774 bits per heavy atom. The first-order valence-corrected chi connectivity index (χ1v) is 10.00. The van der Waals surface area contributed by atoms with Gasteiger partial charge < -0.3 is 14.8 Å². The second-order valence-electron chi connectivity index (χ2n) is 6.90. The zero-order chi connectivity index (χ0) is 21.3. The molecule has 5 nitrogen and oxygen atoms in total. The summed E-state index contributed by atoms with van der Waals surface area (Å²) in [6, 6.07) is 30.5. The Hall–Kier alpha value is -4.12. The molecule has 1 amide bonds. The molecule has 31 heavy (non-hydrogen) atoms. The molecule has 154 valence electrons. The van der Waals surface area contributed by atoms with Crippen molar-refractivity contribution in [1.29, 1.82) is 0 Å². The van der Waals surface area contributed by atoms with Crippen LogP contribution in [0.2, 0.25) is 0 Å². The number of rotatable bonds is 8. The normalized spacial score (nSPS) is 10.3. The fourth-order valence-electron chi connectivity index (χ4n) is 3.08. The predicted octanol–water partition coefficient (Wildman–Crippen LogP) is 5.48. The minimum absolute atomic E-state index is 0.0832. The molecule has 1 aromatic heterocycles. The van der Waals surface area contributed by atoms with Crippen LogP contribution >= 0.6 is 0 Å². The number of nitrogens with one attached hydrogen (secondary N) is 1. The van der Waals surface area contributed by atoms with Crippen LogP contribution in [0.4, 0.5) is 5.69 Å². The number of carbonyl (C=O) groups excluding carboxylic acids is 1. The summed E-state index contributed by atoms with van der Waals surface area (Å²) in [5.74, 6) is 1.53. The number of amides is 1. The van der Waals surface area contributed by atoms with Gasteiger partial charge >= 0.3 is 0 Å². The van der Waals surface area contributed by atoms with Crippen molar-refractivity contribution in [3.8, 4) is 17.4 Å². The molecule has 0 saturated carbocycles. The third-order valence-corrected chi connectivity index (χ3v) is 4.58. The largest absolute Gasteiger partial charge is 0.484 e. The number of anilines is 1. The van der Waals surface area contributed by atoms with Gasteiger partial charge in [-0.25, -0.2) is 4.98 Å². The maximum atomic E-state index is 12.4. The highest BCUT2D eigenvalue weighted by atomic mass is 16.5. The van der Waals surface area contributed by atoms with Crippen LogP contribution < -0.4 is 14.8 Å². The molecule has 0 aliphatic carbocycles. The summed E-state index contributed by atoms with van der Waals surface area (Å²) in [7, 11) is 0. The summed E-state index contributed by atoms with van der Waals surface area (Å²) in [5.41, 5.74) is 3.03. The molecule has 0 unspecified atom stereocenters. The summed E-state index contributed by atoms with van der Waals surface area (Å²) in [4.78, 5) is 16.6. The molecule has 0 radical (unpaired) electrons. The maximum Gasteiger partial charge on any atom is 0.262 e. The Morgan fingerprint density at radius 2 is 1.48 bits per heavy atom. The third kappa shape index (κ3) is 5.93. The van der Waals surface area contributed by atoms with Gasteiger partial charge in [0.15, 0.2) is 6.61 Å². The lowest BCUT2D eigenvalue weighted by molar-refractivity contribution is -0.118. The smallest absolute Gasteiger partial charge is 0.262 e. The van der Waals surface area contributed by atoms with Crippen LogP contribution in [0.5, 0.6) is 17.4 Å². The molecular formula is C26H22N2O3. The standard InChI is InChI=1S/C26H22N2O3/c29-25(28-24-11-5-4-10-21(24)18-20-8-2-1-3-9-20)19-30-22-13-15-23(16-14-22)31-26-12-6-7-17-27-26/h1-17H,18-19H2,(H,28,29). The fourth-order valence-corrected chi connectivity index (χ4v) is 3.08. The first kappa shape index (κ1) is 20.2. The average Bonchev–Trinajstić information content (AvgIpc) is 2.81. The van der Waals surface area contributed by atoms with Crippen molar-refractivity contribution in [2.45, 2.75) is 6.42 Å². The topological polar surface area (TPSA) is 60.5 Å². The van der Waals surface area contributed by atoms with Crippen LogP contribution in [0, 0.1) is 0 Å². The zero-order valence-corrected chi connectivity index (χ0v) is 16.9. The summed E-state index contributed by atoms with van der Waals surface area (Å²) in [5, 5.41) is 2.95. The van der Waals surface area contributed by atoms with Gasteiger partial charge in [0.2, 0.25) is 5.88 Å². The maximum absolute atomic E-state index is 12.4. The van der Waals surface area contributed by atoms with Gasteiger partial charge in [-0.1, -0.05) is 54.6 Å². The molecule has 0 spiro atoms. The molecule has 0 fully saturated rings. The van der Waals surface area contributed by atoms with E-state index in [0.29, 0.717) is 17.4 Å². The third-order valence-electron chi connectivity index (χ3n) is 4.58. The van der Waals surface area contributed by atoms with E-state index in [4.69, 9.17) is 9.47 Å². The highest BCUT2D eigenvalue weighted by molar-refractivity contribution is 5.92. The second-order valence-corrected chi connectivity index (χ2v) is 6.90. The molecule has 1 heterocycles. The van der Waals surface area contributed by atoms with Crippen molar-refractivity contribution in [3.63, 3.8) is 0 Å². The van der Waals surface area contributed by atoms with Crippen LogP contribution in [-0.4, -0.2) is 17.5 Å². The summed E-state index contributed by atoms with van der Waals surface area (Å²) in [6.07, 6.45) is 2.42. The van der Waals surface area contributed by atoms with E-state index in [2.05, 4.69) is 22.4 Å². The van der Waals surface area contributed by atoms with E-state index in [1.54, 1.807) is 36.5 Å². The Kier molecular flexibility index (Phi) is 6.55. The molecule has 0 aliphatic heterocycles. The van der Waals surface area contributed by atoms with Gasteiger partial charge in [0.25, 0.3) is 5.91 Å². The van der Waals surface area contributed by atoms with Crippen LogP contribution in [0.25, 0.3) is 0 Å². The Bertz CT molecular complexity index is 1110. The molecule has 3 aromatic carbocycles. The Morgan fingerprint density at radius 3 is 2.26 bits per heavy atom. The molecule has 0 bridgehead atoms. The van der Waals surface area contributed by atoms with E-state index in [9.17, 15) is 4.79 Å². The SMILES string of the molecule is O=C(COc1ccc(Oc2ccccn2)cc1)Nc1ccccc1Cc1ccccc1. The molecule has 4 rings (SSSR count). The number of ether oxygens (including phenoxy) is 2. The van der Waals surface area contributed by atoms with Crippen molar-refractivity contribution in [2.24, 2.45) is 0 Å². The molecule has 4 aromatic rings. The Labute approximate surface area is 181 Å². The minimum Gasteiger partial charge on any atom is -0.484 e. The van der Waals surface area contributed by atoms with Crippen LogP contribution in [-0.2, 0) is 11.2 Å². The average molecular weight is 410 g/mol. The first-order chi connectivity index (χ1) is 15.3. The van der Waals surface area contributed by atoms with E-state index in [0.717, 1.165) is 17.7 Å². The number of hydrogen-bond donors (Lipinski definition) is 1. The lowest BCUT2D eigenvalue weighted by Crippen LogP contribution is -2.21. The van der Waals surface area contributed by atoms with E-state index in [-0.39, 0.29) is 12.5 Å². The van der Waals surface area contributed by atoms with Gasteiger partial charge in [-0.3, -0.25) is 4.79 Å². The predicted molar refractivity (Wildman–Crippen MR) is 121 cm³/mol. The van der Waals surface area contributed by atoms with Gasteiger partial charge in [0.05, 0.1) is 0 Å². The lowest BCUT2D eigenvalue weighted by Gasteiger charge is -2.12. The summed E-state index contributed by atoms with van der Waals surface area (Å²) in [6.45, 7) is -0.0832. The highest BCUT2D eigenvalue weighted by Gasteiger charge is 2.08. The quantitative estimate of drug-likeness (QED) is 0.418. The second kappa shape index (κ2) is 10.1. The molecule has 1 N–H and O–H groups in total. The highest BCUT2D eigenvalue weighted by Crippen LogP contribution is 2.22. The fraction of sp³-hybridized carbons (Fsp3) is 0.0769. The van der Waals surface area contributed by atoms with E-state index in [1.807, 2.05) is 54.6 Å². The number of nitrogens with zero attached hydrogens (tertiary/aromatic N) is 1. The van der Waals surface area contributed by atoms with Crippen LogP contribution in [0.1, 0.15) is 11.1 Å². The van der Waals surface area contributed by atoms with Gasteiger partial charge in [0.1, 0.15) is 11.5 Å². The number of pyridine rings is 1. The number of benzene rings is 3. The van der Waals surface area contributed by atoms with Crippen molar-refractivity contribution >= 4 is 11.6 Å². The van der Waals surface area contributed by atoms with Gasteiger partial charge in [-0.05, 0) is 53.9 Å².